The molecule has 0 bridgehead atoms. The summed E-state index contributed by atoms with van der Waals surface area (Å²) in [6.45, 7) is 21.1. The van der Waals surface area contributed by atoms with Crippen molar-refractivity contribution in [3.8, 4) is 0 Å². The lowest BCUT2D eigenvalue weighted by Crippen LogP contribution is -2.55. The third-order valence-electron chi connectivity index (χ3n) is 5.86. The van der Waals surface area contributed by atoms with E-state index >= 15 is 0 Å². The minimum atomic E-state index is -0.962. The van der Waals surface area contributed by atoms with Gasteiger partial charge in [-0.1, -0.05) is 74.5 Å². The maximum Gasteiger partial charge on any atom is 0.0523 e. The molecule has 0 aliphatic heterocycles. The number of hydrogen-bond acceptors (Lipinski definition) is 0. The summed E-state index contributed by atoms with van der Waals surface area (Å²) >= 11 is 0. The van der Waals surface area contributed by atoms with E-state index in [0.717, 1.165) is 0 Å². The van der Waals surface area contributed by atoms with Crippen molar-refractivity contribution in [3.63, 3.8) is 0 Å². The molecular weight excluding hydrogens is 285 g/mol. The van der Waals surface area contributed by atoms with Crippen LogP contribution in [0.2, 0.25) is 46.8 Å². The Morgan fingerprint density at radius 3 is 0.824 bits per heavy atom. The van der Waals surface area contributed by atoms with Crippen LogP contribution in [0.3, 0.4) is 0 Å². The van der Waals surface area contributed by atoms with E-state index in [1.54, 1.807) is 0 Å². The fraction of sp³-hybridized carbons (Fsp3) is 1.00. The third kappa shape index (κ3) is 3.55. The van der Waals surface area contributed by atoms with E-state index in [0.29, 0.717) is 0 Å². The fourth-order valence-corrected chi connectivity index (χ4v) is 42.0. The van der Waals surface area contributed by atoms with Crippen LogP contribution in [-0.2, 0) is 0 Å². The molecule has 0 saturated heterocycles. The Morgan fingerprint density at radius 1 is 0.529 bits per heavy atom. The number of rotatable bonds is 8. The molecule has 0 heterocycles. The van der Waals surface area contributed by atoms with Crippen molar-refractivity contribution in [1.29, 1.82) is 0 Å². The molecule has 0 spiro atoms. The summed E-state index contributed by atoms with van der Waals surface area (Å²) in [5.74, 6) is 0. The first-order valence-electron chi connectivity index (χ1n) is 7.93. The molecule has 0 rings (SSSR count). The Kier molecular flexibility index (Phi) is 8.82. The van der Waals surface area contributed by atoms with Crippen molar-refractivity contribution in [2.45, 2.75) is 74.5 Å². The molecule has 0 aromatic heterocycles. The monoisotopic (exact) mass is 320 g/mol. The van der Waals surface area contributed by atoms with Crippen molar-refractivity contribution in [2.75, 3.05) is 0 Å². The van der Waals surface area contributed by atoms with Gasteiger partial charge in [0.1, 0.15) is 0 Å². The van der Waals surface area contributed by atoms with E-state index in [2.05, 4.69) is 53.9 Å². The molecule has 0 aliphatic rings. The van der Waals surface area contributed by atoms with Crippen LogP contribution in [0, 0.1) is 0 Å². The van der Waals surface area contributed by atoms with Gasteiger partial charge in [0.05, 0.1) is 8.07 Å². The molecule has 104 valence electrons. The molecule has 0 amide bonds. The normalized spacial score (nSPS) is 25.4. The van der Waals surface area contributed by atoms with Crippen LogP contribution in [0.4, 0.5) is 0 Å². The van der Waals surface area contributed by atoms with Gasteiger partial charge in [-0.15, -0.1) is 0 Å². The van der Waals surface area contributed by atoms with Crippen molar-refractivity contribution in [3.05, 3.63) is 0 Å². The Balaban J connectivity index is 5.51. The molecule has 4 unspecified atom stereocenters. The molecule has 0 aromatic rings. The Bertz CT molecular complexity index is 164. The second-order valence-corrected chi connectivity index (χ2v) is 23.6. The van der Waals surface area contributed by atoms with E-state index in [9.17, 15) is 0 Å². The summed E-state index contributed by atoms with van der Waals surface area (Å²) in [6, 6.07) is 0. The van der Waals surface area contributed by atoms with Crippen LogP contribution in [0.5, 0.6) is 0 Å². The Labute approximate surface area is 120 Å². The van der Waals surface area contributed by atoms with Gasteiger partial charge in [0.2, 0.25) is 0 Å². The molecule has 4 atom stereocenters. The van der Waals surface area contributed by atoms with Gasteiger partial charge < -0.3 is 0 Å². The van der Waals surface area contributed by atoms with Crippen LogP contribution in [0.15, 0.2) is 0 Å². The highest BCUT2D eigenvalue weighted by Crippen LogP contribution is 2.48. The molecule has 0 saturated carbocycles. The first kappa shape index (κ1) is 18.1. The average molecular weight is 321 g/mol. The lowest BCUT2D eigenvalue weighted by atomic mass is 10.9. The maximum atomic E-state index is 2.68. The Hall–Kier alpha value is 1.08. The summed E-state index contributed by atoms with van der Waals surface area (Å²) in [4.78, 5) is 0. The predicted molar refractivity (Wildman–Crippen MR) is 101 cm³/mol. The zero-order chi connectivity index (χ0) is 13.6. The Morgan fingerprint density at radius 2 is 0.706 bits per heavy atom. The lowest BCUT2D eigenvalue weighted by Gasteiger charge is -2.50. The largest absolute Gasteiger partial charge is 0.0748 e. The first-order valence-corrected chi connectivity index (χ1v) is 19.2. The third-order valence-corrected chi connectivity index (χ3v) is 31.0. The lowest BCUT2D eigenvalue weighted by molar-refractivity contribution is 0.969. The molecule has 17 heavy (non-hydrogen) atoms. The average Bonchev–Trinajstić information content (AvgIpc) is 2.37. The smallest absolute Gasteiger partial charge is 0.0523 e. The second kappa shape index (κ2) is 8.29. The van der Waals surface area contributed by atoms with Crippen LogP contribution in [0.1, 0.15) is 27.7 Å². The van der Waals surface area contributed by atoms with Gasteiger partial charge in [0.25, 0.3) is 0 Å². The highest BCUT2D eigenvalue weighted by atomic mass is 28.4. The van der Waals surface area contributed by atoms with Gasteiger partial charge in [0.15, 0.2) is 0 Å². The molecule has 5 heteroatoms. The predicted octanol–water partition coefficient (Wildman–Crippen LogP) is 1.69. The summed E-state index contributed by atoms with van der Waals surface area (Å²) in [6.07, 6.45) is 0. The summed E-state index contributed by atoms with van der Waals surface area (Å²) in [5.41, 5.74) is 0. The summed E-state index contributed by atoms with van der Waals surface area (Å²) in [5, 5.41) is 4.87. The van der Waals surface area contributed by atoms with Crippen molar-refractivity contribution >= 4 is 46.2 Å². The standard InChI is InChI=1S/C12H36Si5/c1-9(13-5)17(10(2)14-6,11(3)15-7)12(4)16-8/h9-12H,13-16H2,1-8H3. The minimum absolute atomic E-state index is 0.206. The van der Waals surface area contributed by atoms with Crippen LogP contribution < -0.4 is 0 Å². The van der Waals surface area contributed by atoms with Crippen LogP contribution in [-0.4, -0.2) is 46.2 Å². The molecular formula is C12H36Si5. The fourth-order valence-electron chi connectivity index (χ4n) is 4.33. The maximum absolute atomic E-state index is 2.68. The van der Waals surface area contributed by atoms with E-state index in [-0.39, 0.29) is 38.1 Å². The highest BCUT2D eigenvalue weighted by molar-refractivity contribution is 7.03. The zero-order valence-corrected chi connectivity index (χ0v) is 20.3. The van der Waals surface area contributed by atoms with Crippen molar-refractivity contribution in [1.82, 2.24) is 0 Å². The van der Waals surface area contributed by atoms with E-state index < -0.39 is 8.07 Å². The number of hydrogen-bond donors (Lipinski definition) is 0. The minimum Gasteiger partial charge on any atom is -0.0748 e. The van der Waals surface area contributed by atoms with Gasteiger partial charge in [-0.3, -0.25) is 0 Å². The van der Waals surface area contributed by atoms with Gasteiger partial charge in [-0.25, -0.2) is 0 Å². The van der Waals surface area contributed by atoms with E-state index in [4.69, 9.17) is 0 Å². The van der Waals surface area contributed by atoms with Gasteiger partial charge in [-0.05, 0) is 0 Å². The molecule has 0 radical (unpaired) electrons. The SMILES string of the molecule is C[SiH2]C(C)[Si](C(C)[SiH2]C)(C(C)[SiH2]C)C(C)[SiH2]C. The van der Waals surface area contributed by atoms with E-state index in [1.165, 1.54) is 20.7 Å². The summed E-state index contributed by atoms with van der Waals surface area (Å²) < 4.78 is 0. The summed E-state index contributed by atoms with van der Waals surface area (Å²) in [7, 11) is -0.137. The van der Waals surface area contributed by atoms with Crippen molar-refractivity contribution in [2.24, 2.45) is 0 Å². The zero-order valence-electron chi connectivity index (χ0n) is 13.6. The van der Waals surface area contributed by atoms with Crippen LogP contribution in [0.25, 0.3) is 0 Å². The van der Waals surface area contributed by atoms with Crippen LogP contribution >= 0.6 is 0 Å². The van der Waals surface area contributed by atoms with Crippen molar-refractivity contribution < 1.29 is 0 Å². The molecule has 0 fully saturated rings. The van der Waals surface area contributed by atoms with E-state index in [1.807, 2.05) is 0 Å². The molecule has 0 aromatic carbocycles. The highest BCUT2D eigenvalue weighted by Gasteiger charge is 2.48. The molecule has 0 N–H and O–H groups in total. The molecule has 0 aliphatic carbocycles. The first-order chi connectivity index (χ1) is 7.93. The molecule has 0 nitrogen and oxygen atoms in total. The van der Waals surface area contributed by atoms with Gasteiger partial charge in [0, 0.05) is 38.1 Å². The topological polar surface area (TPSA) is 0 Å². The quantitative estimate of drug-likeness (QED) is 0.597. The second-order valence-electron chi connectivity index (χ2n) is 6.24. The van der Waals surface area contributed by atoms with Gasteiger partial charge in [-0.2, -0.15) is 0 Å². The van der Waals surface area contributed by atoms with Gasteiger partial charge >= 0.3 is 0 Å².